The van der Waals surface area contributed by atoms with E-state index >= 15 is 0 Å². The maximum atomic E-state index is 12.2. The van der Waals surface area contributed by atoms with Crippen molar-refractivity contribution in [3.8, 4) is 0 Å². The number of ether oxygens (including phenoxy) is 1. The highest BCUT2D eigenvalue weighted by Gasteiger charge is 2.36. The normalized spacial score (nSPS) is 15.2. The number of carbonyl (C=O) groups is 1. The lowest BCUT2D eigenvalue weighted by molar-refractivity contribution is 0.0197. The van der Waals surface area contributed by atoms with Gasteiger partial charge in [0.1, 0.15) is 11.1 Å². The molecule has 4 heterocycles. The minimum absolute atomic E-state index is 0.0199. The van der Waals surface area contributed by atoms with Crippen LogP contribution in [0, 0.1) is 0 Å². The molecule has 1 aliphatic rings. The zero-order valence-electron chi connectivity index (χ0n) is 15.4. The number of pyridine rings is 1. The fraction of sp³-hybridized carbons (Fsp3) is 0.500. The van der Waals surface area contributed by atoms with Crippen molar-refractivity contribution in [1.29, 1.82) is 0 Å². The van der Waals surface area contributed by atoms with Gasteiger partial charge in [-0.1, -0.05) is 11.6 Å². The van der Waals surface area contributed by atoms with Crippen LogP contribution in [-0.2, 0) is 4.74 Å². The quantitative estimate of drug-likeness (QED) is 0.652. The maximum Gasteiger partial charge on any atom is 0.410 e. The van der Waals surface area contributed by atoms with Gasteiger partial charge in [-0.05, 0) is 37.3 Å². The van der Waals surface area contributed by atoms with Gasteiger partial charge in [0.25, 0.3) is 0 Å². The fourth-order valence-electron chi connectivity index (χ4n) is 2.87. The van der Waals surface area contributed by atoms with E-state index in [1.165, 1.54) is 6.20 Å². The molecule has 0 unspecified atom stereocenters. The molecule has 0 spiro atoms. The highest BCUT2D eigenvalue weighted by atomic mass is 35.5. The van der Waals surface area contributed by atoms with E-state index in [0.717, 1.165) is 0 Å². The van der Waals surface area contributed by atoms with E-state index in [0.29, 0.717) is 40.7 Å². The first kappa shape index (κ1) is 17.7. The van der Waals surface area contributed by atoms with E-state index in [-0.39, 0.29) is 12.1 Å². The Morgan fingerprint density at radius 2 is 2.11 bits per heavy atom. The summed E-state index contributed by atoms with van der Waals surface area (Å²) < 4.78 is 6.99. The summed E-state index contributed by atoms with van der Waals surface area (Å²) in [5, 5.41) is 12.3. The second-order valence-electron chi connectivity index (χ2n) is 7.50. The van der Waals surface area contributed by atoms with Crippen LogP contribution in [0.2, 0.25) is 5.02 Å². The highest BCUT2D eigenvalue weighted by molar-refractivity contribution is 6.31. The van der Waals surface area contributed by atoms with Crippen LogP contribution in [0.5, 0.6) is 0 Å². The van der Waals surface area contributed by atoms with Crippen LogP contribution >= 0.6 is 11.6 Å². The van der Waals surface area contributed by atoms with Crippen molar-refractivity contribution >= 4 is 40.3 Å². The molecule has 0 aromatic carbocycles. The van der Waals surface area contributed by atoms with Crippen molar-refractivity contribution in [1.82, 2.24) is 34.9 Å². The molecule has 3 aromatic heterocycles. The third-order valence-corrected chi connectivity index (χ3v) is 4.52. The summed E-state index contributed by atoms with van der Waals surface area (Å²) in [4.78, 5) is 24.7. The lowest BCUT2D eigenvalue weighted by Crippen LogP contribution is -2.60. The Hall–Kier alpha value is -2.75. The predicted octanol–water partition coefficient (Wildman–Crippen LogP) is 1.78. The molecule has 4 rings (SSSR count). The summed E-state index contributed by atoms with van der Waals surface area (Å²) in [7, 11) is 1.74. The van der Waals surface area contributed by atoms with Gasteiger partial charge in [0.2, 0.25) is 5.65 Å². The van der Waals surface area contributed by atoms with E-state index in [1.54, 1.807) is 22.5 Å². The van der Waals surface area contributed by atoms with E-state index < -0.39 is 5.60 Å². The van der Waals surface area contributed by atoms with Crippen molar-refractivity contribution in [3.05, 3.63) is 17.3 Å². The third-order valence-electron chi connectivity index (χ3n) is 4.31. The van der Waals surface area contributed by atoms with Crippen LogP contribution in [0.4, 0.5) is 10.6 Å². The number of carbonyl (C=O) groups excluding carboxylic acids is 1. The molecule has 0 atom stereocenters. The largest absolute Gasteiger partial charge is 0.444 e. The molecule has 1 amide bonds. The van der Waals surface area contributed by atoms with Crippen molar-refractivity contribution < 1.29 is 9.53 Å². The number of tetrazole rings is 1. The summed E-state index contributed by atoms with van der Waals surface area (Å²) in [6, 6.07) is 1.74. The Morgan fingerprint density at radius 3 is 2.81 bits per heavy atom. The molecule has 1 saturated heterocycles. The van der Waals surface area contributed by atoms with Crippen LogP contribution in [-0.4, -0.2) is 72.8 Å². The van der Waals surface area contributed by atoms with Crippen molar-refractivity contribution in [3.63, 3.8) is 0 Å². The molecule has 11 heteroatoms. The number of rotatable bonds is 2. The van der Waals surface area contributed by atoms with Gasteiger partial charge in [-0.25, -0.2) is 14.8 Å². The molecular formula is C16H19ClN8O2. The Bertz CT molecular complexity index is 1020. The number of likely N-dealkylation sites (N-methyl/N-ethyl adjacent to an activating group) is 1. The lowest BCUT2D eigenvalue weighted by atomic mass is 10.1. The van der Waals surface area contributed by atoms with Gasteiger partial charge >= 0.3 is 6.09 Å². The number of hydrogen-bond donors (Lipinski definition) is 0. The SMILES string of the molecule is CN(C(=O)OC(C)(C)C)C1CN(c2nc3ncc(Cl)cc3n3nnnc23)C1. The van der Waals surface area contributed by atoms with Gasteiger partial charge in [-0.3, -0.25) is 0 Å². The lowest BCUT2D eigenvalue weighted by Gasteiger charge is -2.44. The van der Waals surface area contributed by atoms with Gasteiger partial charge in [0, 0.05) is 26.3 Å². The summed E-state index contributed by atoms with van der Waals surface area (Å²) in [6.07, 6.45) is 1.19. The van der Waals surface area contributed by atoms with E-state index in [1.807, 2.05) is 25.7 Å². The third kappa shape index (κ3) is 3.20. The number of aromatic nitrogens is 6. The predicted molar refractivity (Wildman–Crippen MR) is 98.9 cm³/mol. The molecule has 0 bridgehead atoms. The van der Waals surface area contributed by atoms with Crippen molar-refractivity contribution in [2.24, 2.45) is 0 Å². The van der Waals surface area contributed by atoms with Gasteiger partial charge in [-0.15, -0.1) is 5.10 Å². The fourth-order valence-corrected chi connectivity index (χ4v) is 3.02. The molecule has 1 fully saturated rings. The highest BCUT2D eigenvalue weighted by Crippen LogP contribution is 2.28. The average Bonchev–Trinajstić information content (AvgIpc) is 3.02. The van der Waals surface area contributed by atoms with E-state index in [4.69, 9.17) is 16.3 Å². The number of amides is 1. The second kappa shape index (κ2) is 6.15. The molecule has 0 aliphatic carbocycles. The standard InChI is InChI=1S/C16H19ClN8O2/c1-16(2,3)27-15(26)23(4)10-7-24(8-10)13-14-20-21-22-25(14)11-5-9(17)6-18-12(11)19-13/h5-6,10H,7-8H2,1-4H3. The number of anilines is 1. The molecule has 0 N–H and O–H groups in total. The molecular weight excluding hydrogens is 372 g/mol. The summed E-state index contributed by atoms with van der Waals surface area (Å²) in [5.41, 5.74) is 1.12. The average molecular weight is 391 g/mol. The number of hydrogen-bond acceptors (Lipinski definition) is 8. The van der Waals surface area contributed by atoms with Gasteiger partial charge in [-0.2, -0.15) is 4.52 Å². The minimum atomic E-state index is -0.527. The zero-order valence-corrected chi connectivity index (χ0v) is 16.2. The molecule has 10 nitrogen and oxygen atoms in total. The first-order valence-corrected chi connectivity index (χ1v) is 8.85. The molecule has 27 heavy (non-hydrogen) atoms. The Labute approximate surface area is 160 Å². The number of fused-ring (bicyclic) bond motifs is 3. The van der Waals surface area contributed by atoms with Crippen LogP contribution in [0.25, 0.3) is 16.8 Å². The molecule has 1 aliphatic heterocycles. The summed E-state index contributed by atoms with van der Waals surface area (Å²) >= 11 is 6.02. The van der Waals surface area contributed by atoms with Crippen molar-refractivity contribution in [2.75, 3.05) is 25.0 Å². The van der Waals surface area contributed by atoms with E-state index in [9.17, 15) is 4.79 Å². The molecule has 0 radical (unpaired) electrons. The Balaban J connectivity index is 1.57. The van der Waals surface area contributed by atoms with Crippen molar-refractivity contribution in [2.45, 2.75) is 32.4 Å². The topological polar surface area (TPSA) is 102 Å². The van der Waals surface area contributed by atoms with Crippen LogP contribution in [0.1, 0.15) is 20.8 Å². The molecule has 142 valence electrons. The first-order chi connectivity index (χ1) is 12.7. The zero-order chi connectivity index (χ0) is 19.3. The Morgan fingerprint density at radius 1 is 1.37 bits per heavy atom. The number of halogens is 1. The molecule has 0 saturated carbocycles. The summed E-state index contributed by atoms with van der Waals surface area (Å²) in [6.45, 7) is 6.74. The minimum Gasteiger partial charge on any atom is -0.444 e. The van der Waals surface area contributed by atoms with Crippen LogP contribution < -0.4 is 4.90 Å². The van der Waals surface area contributed by atoms with Gasteiger partial charge in [0.05, 0.1) is 11.1 Å². The first-order valence-electron chi connectivity index (χ1n) is 8.47. The van der Waals surface area contributed by atoms with Gasteiger partial charge < -0.3 is 14.5 Å². The Kier molecular flexibility index (Phi) is 4.02. The molecule has 3 aromatic rings. The summed E-state index contributed by atoms with van der Waals surface area (Å²) in [5.74, 6) is 0.621. The van der Waals surface area contributed by atoms with Crippen LogP contribution in [0.15, 0.2) is 12.3 Å². The smallest absolute Gasteiger partial charge is 0.410 e. The number of nitrogens with zero attached hydrogens (tertiary/aromatic N) is 8. The van der Waals surface area contributed by atoms with Gasteiger partial charge in [0.15, 0.2) is 11.5 Å². The monoisotopic (exact) mass is 390 g/mol. The van der Waals surface area contributed by atoms with Crippen LogP contribution in [0.3, 0.4) is 0 Å². The maximum absolute atomic E-state index is 12.2. The second-order valence-corrected chi connectivity index (χ2v) is 7.93. The van der Waals surface area contributed by atoms with E-state index in [2.05, 4.69) is 25.5 Å².